The monoisotopic (exact) mass is 374 g/mol. The number of hydrogen-bond acceptors (Lipinski definition) is 1. The SMILES string of the molecule is C1CCOC1.[CH2-]c1c(Cl)cccc1Cl.[Zn+][Br]. The zero-order valence-corrected chi connectivity index (χ0v) is 15.1. The molecule has 0 saturated carbocycles. The van der Waals surface area contributed by atoms with Crippen LogP contribution in [0.5, 0.6) is 0 Å². The van der Waals surface area contributed by atoms with Crippen molar-refractivity contribution in [1.29, 1.82) is 0 Å². The zero-order valence-electron chi connectivity index (χ0n) is 9.02. The predicted octanol–water partition coefficient (Wildman–Crippen LogP) is 4.82. The van der Waals surface area contributed by atoms with Gasteiger partial charge in [0, 0.05) is 13.2 Å². The number of hydrogen-bond donors (Lipinski definition) is 0. The summed E-state index contributed by atoms with van der Waals surface area (Å²) in [6.07, 6.45) is 2.56. The minimum atomic E-state index is 0.613. The molecule has 0 atom stereocenters. The van der Waals surface area contributed by atoms with Gasteiger partial charge in [0.15, 0.2) is 0 Å². The van der Waals surface area contributed by atoms with E-state index in [2.05, 4.69) is 20.5 Å². The Hall–Kier alpha value is 0.733. The van der Waals surface area contributed by atoms with Crippen LogP contribution in [0.4, 0.5) is 0 Å². The summed E-state index contributed by atoms with van der Waals surface area (Å²) in [5.41, 5.74) is 0.695. The molecule has 1 fully saturated rings. The molecule has 0 N–H and O–H groups in total. The Morgan fingerprint density at radius 3 is 1.81 bits per heavy atom. The number of rotatable bonds is 0. The zero-order chi connectivity index (χ0) is 12.4. The first-order valence-electron chi connectivity index (χ1n) is 4.82. The Balaban J connectivity index is 0.000000272. The van der Waals surface area contributed by atoms with Crippen LogP contribution in [-0.4, -0.2) is 13.2 Å². The summed E-state index contributed by atoms with van der Waals surface area (Å²) >= 11 is 15.6. The average molecular weight is 377 g/mol. The van der Waals surface area contributed by atoms with Gasteiger partial charge in [-0.3, -0.25) is 0 Å². The first-order valence-corrected chi connectivity index (χ1v) is 12.5. The van der Waals surface area contributed by atoms with Crippen molar-refractivity contribution in [3.63, 3.8) is 0 Å². The Morgan fingerprint density at radius 1 is 1.12 bits per heavy atom. The minimum absolute atomic E-state index is 0.613. The summed E-state index contributed by atoms with van der Waals surface area (Å²) in [6, 6.07) is 5.31. The molecule has 0 bridgehead atoms. The molecule has 2 rings (SSSR count). The molecule has 1 aromatic carbocycles. The Labute approximate surface area is 124 Å². The van der Waals surface area contributed by atoms with Crippen molar-refractivity contribution < 1.29 is 21.1 Å². The molecule has 0 unspecified atom stereocenters. The van der Waals surface area contributed by atoms with Gasteiger partial charge >= 0.3 is 30.0 Å². The third-order valence-electron chi connectivity index (χ3n) is 1.89. The summed E-state index contributed by atoms with van der Waals surface area (Å²) in [5.74, 6) is 0. The van der Waals surface area contributed by atoms with Crippen molar-refractivity contribution in [3.8, 4) is 0 Å². The fourth-order valence-electron chi connectivity index (χ4n) is 1.04. The normalized spacial score (nSPS) is 13.3. The molecule has 0 radical (unpaired) electrons. The van der Waals surface area contributed by atoms with Crippen LogP contribution in [0.1, 0.15) is 18.4 Å². The van der Waals surface area contributed by atoms with E-state index in [1.807, 2.05) is 0 Å². The molecule has 0 spiro atoms. The van der Waals surface area contributed by atoms with E-state index >= 15 is 0 Å². The summed E-state index contributed by atoms with van der Waals surface area (Å²) in [5, 5.41) is 1.23. The Bertz CT molecular complexity index is 265. The van der Waals surface area contributed by atoms with E-state index in [1.165, 1.54) is 29.2 Å². The van der Waals surface area contributed by atoms with Crippen molar-refractivity contribution >= 4 is 36.8 Å². The topological polar surface area (TPSA) is 9.23 Å². The number of ether oxygens (including phenoxy) is 1. The molecule has 1 saturated heterocycles. The third kappa shape index (κ3) is 7.14. The Kier molecular flexibility index (Phi) is 11.4. The van der Waals surface area contributed by atoms with Gasteiger partial charge in [0.2, 0.25) is 0 Å². The molecule has 1 heterocycles. The standard InChI is InChI=1S/C7H5Cl2.C4H8O.BrH.Zn/c1-5-6(8)3-2-4-7(5)9;1-2-4-5-3-1;;/h2-4H,1H2;1-4H2;1H;/q-1;;;+2/p-1. The van der Waals surface area contributed by atoms with E-state index in [4.69, 9.17) is 27.9 Å². The van der Waals surface area contributed by atoms with Crippen molar-refractivity contribution in [3.05, 3.63) is 40.7 Å². The first-order chi connectivity index (χ1) is 7.72. The quantitative estimate of drug-likeness (QED) is 0.465. The molecular weight excluding hydrogens is 364 g/mol. The van der Waals surface area contributed by atoms with Gasteiger partial charge in [0.25, 0.3) is 0 Å². The van der Waals surface area contributed by atoms with E-state index in [9.17, 15) is 0 Å². The van der Waals surface area contributed by atoms with Gasteiger partial charge in [0.05, 0.1) is 0 Å². The summed E-state index contributed by atoms with van der Waals surface area (Å²) in [4.78, 5) is 0. The molecule has 5 heteroatoms. The van der Waals surface area contributed by atoms with Crippen LogP contribution in [0, 0.1) is 6.92 Å². The van der Waals surface area contributed by atoms with Crippen LogP contribution in [0.25, 0.3) is 0 Å². The van der Waals surface area contributed by atoms with Crippen molar-refractivity contribution in [1.82, 2.24) is 0 Å². The van der Waals surface area contributed by atoms with Gasteiger partial charge in [-0.15, -0.1) is 12.1 Å². The molecule has 1 aliphatic rings. The molecule has 1 aromatic rings. The van der Waals surface area contributed by atoms with Gasteiger partial charge in [-0.25, -0.2) is 0 Å². The predicted molar refractivity (Wildman–Crippen MR) is 69.9 cm³/mol. The fourth-order valence-corrected chi connectivity index (χ4v) is 1.44. The molecule has 0 aromatic heterocycles. The molecule has 0 amide bonds. The van der Waals surface area contributed by atoms with Gasteiger partial charge in [-0.1, -0.05) is 16.1 Å². The van der Waals surface area contributed by atoms with E-state index in [1.54, 1.807) is 18.2 Å². The van der Waals surface area contributed by atoms with E-state index in [-0.39, 0.29) is 0 Å². The molecule has 0 aliphatic carbocycles. The molecule has 1 nitrogen and oxygen atoms in total. The van der Waals surface area contributed by atoms with Crippen molar-refractivity contribution in [2.24, 2.45) is 0 Å². The second-order valence-corrected chi connectivity index (χ2v) is 3.83. The van der Waals surface area contributed by atoms with E-state index in [0.717, 1.165) is 13.2 Å². The van der Waals surface area contributed by atoms with Crippen molar-refractivity contribution in [2.75, 3.05) is 13.2 Å². The van der Waals surface area contributed by atoms with Gasteiger partial charge in [-0.2, -0.15) is 35.7 Å². The number of benzene rings is 1. The van der Waals surface area contributed by atoms with E-state index < -0.39 is 0 Å². The molecule has 86 valence electrons. The third-order valence-corrected chi connectivity index (χ3v) is 2.60. The van der Waals surface area contributed by atoms with Crippen LogP contribution in [0.2, 0.25) is 10.0 Å². The number of halogens is 3. The molecule has 16 heavy (non-hydrogen) atoms. The maximum atomic E-state index is 5.67. The van der Waals surface area contributed by atoms with Gasteiger partial charge < -0.3 is 4.74 Å². The first kappa shape index (κ1) is 16.7. The van der Waals surface area contributed by atoms with Crippen molar-refractivity contribution in [2.45, 2.75) is 12.8 Å². The summed E-state index contributed by atoms with van der Waals surface area (Å²) < 4.78 is 4.94. The van der Waals surface area contributed by atoms with Crippen LogP contribution >= 0.6 is 36.8 Å². The van der Waals surface area contributed by atoms with Gasteiger partial charge in [-0.05, 0) is 12.8 Å². The van der Waals surface area contributed by atoms with Crippen LogP contribution in [-0.2, 0) is 21.1 Å². The summed E-state index contributed by atoms with van der Waals surface area (Å²) in [6.45, 7) is 5.66. The fraction of sp³-hybridized carbons (Fsp3) is 0.364. The van der Waals surface area contributed by atoms with E-state index in [0.29, 0.717) is 15.6 Å². The summed E-state index contributed by atoms with van der Waals surface area (Å²) in [7, 11) is 0. The molecular formula is C11H13BrCl2OZn. The second kappa shape index (κ2) is 10.9. The Morgan fingerprint density at radius 2 is 1.56 bits per heavy atom. The van der Waals surface area contributed by atoms with Crippen LogP contribution in [0.15, 0.2) is 18.2 Å². The second-order valence-electron chi connectivity index (χ2n) is 3.02. The average Bonchev–Trinajstić information content (AvgIpc) is 2.87. The van der Waals surface area contributed by atoms with Crippen LogP contribution in [0.3, 0.4) is 0 Å². The van der Waals surface area contributed by atoms with Crippen LogP contribution < -0.4 is 0 Å². The maximum absolute atomic E-state index is 5.67. The van der Waals surface area contributed by atoms with Gasteiger partial charge in [0.1, 0.15) is 0 Å². The molecule has 1 aliphatic heterocycles.